The van der Waals surface area contributed by atoms with Gasteiger partial charge in [0.05, 0.1) is 6.04 Å². The number of carbonyl (C=O) groups is 3. The van der Waals surface area contributed by atoms with Crippen LogP contribution in [0.3, 0.4) is 0 Å². The van der Waals surface area contributed by atoms with Crippen molar-refractivity contribution in [2.45, 2.75) is 37.8 Å². The van der Waals surface area contributed by atoms with Crippen molar-refractivity contribution in [3.05, 3.63) is 0 Å². The van der Waals surface area contributed by atoms with Crippen LogP contribution in [0.5, 0.6) is 0 Å². The van der Waals surface area contributed by atoms with E-state index in [-0.39, 0.29) is 18.9 Å². The van der Waals surface area contributed by atoms with E-state index in [0.29, 0.717) is 6.29 Å². The Morgan fingerprint density at radius 2 is 2.14 bits per heavy atom. The third-order valence-electron chi connectivity index (χ3n) is 2.05. The van der Waals surface area contributed by atoms with Crippen LogP contribution in [0, 0.1) is 0 Å². The van der Waals surface area contributed by atoms with Crippen LogP contribution in [-0.2, 0) is 14.4 Å². The Labute approximate surface area is 82.0 Å². The number of ketones is 1. The lowest BCUT2D eigenvalue weighted by atomic mass is 10.1. The van der Waals surface area contributed by atoms with Crippen molar-refractivity contribution >= 4 is 18.0 Å². The van der Waals surface area contributed by atoms with E-state index in [1.54, 1.807) is 0 Å². The first-order valence-electron chi connectivity index (χ1n) is 4.68. The van der Waals surface area contributed by atoms with Gasteiger partial charge in [-0.1, -0.05) is 0 Å². The molecule has 1 aliphatic carbocycles. The molecule has 1 saturated carbocycles. The number of hydrogen-bond acceptors (Lipinski definition) is 4. The van der Waals surface area contributed by atoms with E-state index in [2.05, 4.69) is 5.32 Å². The lowest BCUT2D eigenvalue weighted by molar-refractivity contribution is -0.138. The molecule has 1 rings (SSSR count). The highest BCUT2D eigenvalue weighted by Gasteiger charge is 2.26. The molecule has 1 aliphatic rings. The maximum absolute atomic E-state index is 11.1. The Balaban J connectivity index is 2.19. The summed E-state index contributed by atoms with van der Waals surface area (Å²) in [6.45, 7) is 0. The highest BCUT2D eigenvalue weighted by molar-refractivity contribution is 6.36. The molecule has 0 radical (unpaired) electrons. The van der Waals surface area contributed by atoms with E-state index >= 15 is 0 Å². The van der Waals surface area contributed by atoms with Crippen molar-refractivity contribution in [3.63, 3.8) is 0 Å². The van der Waals surface area contributed by atoms with Gasteiger partial charge >= 0.3 is 0 Å². The maximum Gasteiger partial charge on any atom is 0.287 e. The molecule has 0 aromatic heterocycles. The fourth-order valence-electron chi connectivity index (χ4n) is 0.973. The first kappa shape index (κ1) is 10.8. The number of aldehydes is 1. The van der Waals surface area contributed by atoms with Crippen molar-refractivity contribution in [2.24, 2.45) is 5.73 Å². The van der Waals surface area contributed by atoms with Crippen molar-refractivity contribution in [3.8, 4) is 0 Å². The molecule has 0 aromatic carbocycles. The van der Waals surface area contributed by atoms with Gasteiger partial charge in [0.1, 0.15) is 6.29 Å². The predicted molar refractivity (Wildman–Crippen MR) is 49.4 cm³/mol. The molecule has 0 spiro atoms. The highest BCUT2D eigenvalue weighted by Crippen LogP contribution is 2.18. The van der Waals surface area contributed by atoms with Crippen LogP contribution < -0.4 is 11.1 Å². The molecule has 3 N–H and O–H groups in total. The number of rotatable bonds is 6. The third kappa shape index (κ3) is 3.66. The normalized spacial score (nSPS) is 17.2. The van der Waals surface area contributed by atoms with Gasteiger partial charge in [-0.25, -0.2) is 0 Å². The lowest BCUT2D eigenvalue weighted by Crippen LogP contribution is -2.33. The quantitative estimate of drug-likeness (QED) is 0.429. The van der Waals surface area contributed by atoms with Gasteiger partial charge in [-0.3, -0.25) is 9.59 Å². The minimum Gasteiger partial charge on any atom is -0.347 e. The Morgan fingerprint density at radius 1 is 1.50 bits per heavy atom. The maximum atomic E-state index is 11.1. The molecule has 14 heavy (non-hydrogen) atoms. The standard InChI is InChI=1S/C9H14N2O3/c10-6(5-12)1-4-8(13)9(14)11-7-2-3-7/h5-7H,1-4,10H2,(H,11,14)/t6-/m0/s1. The molecule has 0 heterocycles. The van der Waals surface area contributed by atoms with Crippen LogP contribution >= 0.6 is 0 Å². The topological polar surface area (TPSA) is 89.3 Å². The Morgan fingerprint density at radius 3 is 2.64 bits per heavy atom. The van der Waals surface area contributed by atoms with Crippen molar-refractivity contribution < 1.29 is 14.4 Å². The van der Waals surface area contributed by atoms with Crippen LogP contribution in [0.4, 0.5) is 0 Å². The number of carbonyl (C=O) groups excluding carboxylic acids is 3. The molecule has 0 unspecified atom stereocenters. The molecule has 78 valence electrons. The molecule has 5 nitrogen and oxygen atoms in total. The monoisotopic (exact) mass is 198 g/mol. The Hall–Kier alpha value is -1.23. The molecular formula is C9H14N2O3. The van der Waals surface area contributed by atoms with Gasteiger partial charge in [-0.15, -0.1) is 0 Å². The fourth-order valence-corrected chi connectivity index (χ4v) is 0.973. The SMILES string of the molecule is N[C@H](C=O)CCC(=O)C(=O)NC1CC1. The summed E-state index contributed by atoms with van der Waals surface area (Å²) in [6.07, 6.45) is 2.75. The summed E-state index contributed by atoms with van der Waals surface area (Å²) >= 11 is 0. The number of Topliss-reactive ketones (excluding diaryl/α,β-unsaturated/α-hetero) is 1. The van der Waals surface area contributed by atoms with Crippen molar-refractivity contribution in [1.82, 2.24) is 5.32 Å². The van der Waals surface area contributed by atoms with Crippen molar-refractivity contribution in [1.29, 1.82) is 0 Å². The van der Waals surface area contributed by atoms with Gasteiger partial charge in [0, 0.05) is 12.5 Å². The molecule has 1 amide bonds. The molecule has 1 atom stereocenters. The fraction of sp³-hybridized carbons (Fsp3) is 0.667. The van der Waals surface area contributed by atoms with E-state index in [9.17, 15) is 14.4 Å². The van der Waals surface area contributed by atoms with E-state index in [1.165, 1.54) is 0 Å². The van der Waals surface area contributed by atoms with Crippen LogP contribution in [-0.4, -0.2) is 30.1 Å². The van der Waals surface area contributed by atoms with Crippen LogP contribution in [0.1, 0.15) is 25.7 Å². The first-order chi connectivity index (χ1) is 6.63. The largest absolute Gasteiger partial charge is 0.347 e. The summed E-state index contributed by atoms with van der Waals surface area (Å²) in [5.74, 6) is -1.04. The molecule has 0 aliphatic heterocycles. The van der Waals surface area contributed by atoms with E-state index in [4.69, 9.17) is 5.73 Å². The van der Waals surface area contributed by atoms with Gasteiger partial charge in [0.15, 0.2) is 0 Å². The highest BCUT2D eigenvalue weighted by atomic mass is 16.2. The average Bonchev–Trinajstić information content (AvgIpc) is 2.97. The van der Waals surface area contributed by atoms with Crippen LogP contribution in [0.15, 0.2) is 0 Å². The zero-order valence-electron chi connectivity index (χ0n) is 7.86. The number of nitrogens with one attached hydrogen (secondary N) is 1. The lowest BCUT2D eigenvalue weighted by Gasteiger charge is -2.03. The second-order valence-corrected chi connectivity index (χ2v) is 3.51. The Bertz CT molecular complexity index is 248. The van der Waals surface area contributed by atoms with Gasteiger partial charge in [0.25, 0.3) is 5.91 Å². The summed E-state index contributed by atoms with van der Waals surface area (Å²) in [7, 11) is 0. The van der Waals surface area contributed by atoms with E-state index in [0.717, 1.165) is 12.8 Å². The Kier molecular flexibility index (Phi) is 3.76. The molecule has 0 bridgehead atoms. The summed E-state index contributed by atoms with van der Waals surface area (Å²) in [4.78, 5) is 32.4. The minimum absolute atomic E-state index is 0.0401. The minimum atomic E-state index is -0.646. The smallest absolute Gasteiger partial charge is 0.287 e. The molecule has 0 aromatic rings. The zero-order valence-corrected chi connectivity index (χ0v) is 7.86. The van der Waals surface area contributed by atoms with Gasteiger partial charge in [-0.2, -0.15) is 0 Å². The molecule has 1 fully saturated rings. The van der Waals surface area contributed by atoms with E-state index < -0.39 is 17.7 Å². The molecule has 5 heteroatoms. The van der Waals surface area contributed by atoms with Crippen LogP contribution in [0.2, 0.25) is 0 Å². The third-order valence-corrected chi connectivity index (χ3v) is 2.05. The summed E-state index contributed by atoms with van der Waals surface area (Å²) in [5.41, 5.74) is 5.28. The van der Waals surface area contributed by atoms with Gasteiger partial charge in [-0.05, 0) is 19.3 Å². The second-order valence-electron chi connectivity index (χ2n) is 3.51. The summed E-state index contributed by atoms with van der Waals surface area (Å²) in [6, 6.07) is -0.459. The van der Waals surface area contributed by atoms with Crippen molar-refractivity contribution in [2.75, 3.05) is 0 Å². The van der Waals surface area contributed by atoms with Crippen LogP contribution in [0.25, 0.3) is 0 Å². The van der Waals surface area contributed by atoms with Gasteiger partial charge < -0.3 is 15.8 Å². The molecule has 0 saturated heterocycles. The number of amides is 1. The average molecular weight is 198 g/mol. The van der Waals surface area contributed by atoms with E-state index in [1.807, 2.05) is 0 Å². The number of hydrogen-bond donors (Lipinski definition) is 2. The summed E-state index contributed by atoms with van der Waals surface area (Å²) < 4.78 is 0. The number of nitrogens with two attached hydrogens (primary N) is 1. The summed E-state index contributed by atoms with van der Waals surface area (Å²) in [5, 5.41) is 2.58. The second kappa shape index (κ2) is 4.85. The predicted octanol–water partition coefficient (Wildman–Crippen LogP) is -0.859. The zero-order chi connectivity index (χ0) is 10.6. The molecular weight excluding hydrogens is 184 g/mol. The van der Waals surface area contributed by atoms with Gasteiger partial charge in [0.2, 0.25) is 5.78 Å². The first-order valence-corrected chi connectivity index (χ1v) is 4.68.